The van der Waals surface area contributed by atoms with E-state index in [2.05, 4.69) is 10.3 Å². The maximum Gasteiger partial charge on any atom is 0.418 e. The molecule has 7 heteroatoms. The van der Waals surface area contributed by atoms with Gasteiger partial charge in [0, 0.05) is 32.4 Å². The van der Waals surface area contributed by atoms with Gasteiger partial charge in [-0.3, -0.25) is 9.78 Å². The second-order valence-corrected chi connectivity index (χ2v) is 3.94. The lowest BCUT2D eigenvalue weighted by Gasteiger charge is -2.27. The van der Waals surface area contributed by atoms with Crippen LogP contribution in [0.2, 0.25) is 0 Å². The molecule has 0 radical (unpaired) electrons. The molecule has 0 unspecified atom stereocenters. The number of aromatic nitrogens is 1. The number of hydrogen-bond donors (Lipinski definition) is 1. The van der Waals surface area contributed by atoms with Crippen LogP contribution in [0.3, 0.4) is 0 Å². The minimum atomic E-state index is -4.56. The van der Waals surface area contributed by atoms with Gasteiger partial charge in [0.15, 0.2) is 0 Å². The summed E-state index contributed by atoms with van der Waals surface area (Å²) in [7, 11) is 0. The zero-order valence-corrected chi connectivity index (χ0v) is 9.50. The van der Waals surface area contributed by atoms with Gasteiger partial charge in [-0.05, 0) is 12.1 Å². The van der Waals surface area contributed by atoms with Crippen molar-refractivity contribution in [2.45, 2.75) is 6.18 Å². The van der Waals surface area contributed by atoms with E-state index in [1.807, 2.05) is 0 Å². The number of pyridine rings is 1. The number of piperazine rings is 1. The second kappa shape index (κ2) is 4.93. The molecule has 1 fully saturated rings. The number of carbonyl (C=O) groups excluding carboxylic acids is 1. The fourth-order valence-electron chi connectivity index (χ4n) is 1.82. The summed E-state index contributed by atoms with van der Waals surface area (Å²) in [5.41, 5.74) is -1.50. The van der Waals surface area contributed by atoms with Crippen LogP contribution < -0.4 is 5.32 Å². The summed E-state index contributed by atoms with van der Waals surface area (Å²) >= 11 is 0. The molecule has 1 aromatic heterocycles. The first-order valence-electron chi connectivity index (χ1n) is 5.52. The zero-order valence-electron chi connectivity index (χ0n) is 9.50. The van der Waals surface area contributed by atoms with Gasteiger partial charge in [0.2, 0.25) is 0 Å². The fraction of sp³-hybridized carbons (Fsp3) is 0.455. The summed E-state index contributed by atoms with van der Waals surface area (Å²) in [6.07, 6.45) is -3.36. The Morgan fingerprint density at radius 3 is 2.61 bits per heavy atom. The van der Waals surface area contributed by atoms with E-state index in [0.717, 1.165) is 6.07 Å². The SMILES string of the molecule is O=C(c1ncccc1C(F)(F)F)N1CCNCC1. The minimum absolute atomic E-state index is 0.396. The molecule has 1 N–H and O–H groups in total. The lowest BCUT2D eigenvalue weighted by molar-refractivity contribution is -0.138. The van der Waals surface area contributed by atoms with E-state index < -0.39 is 23.3 Å². The first kappa shape index (κ1) is 12.8. The van der Waals surface area contributed by atoms with Gasteiger partial charge in [0.1, 0.15) is 5.69 Å². The number of nitrogens with one attached hydrogen (secondary N) is 1. The monoisotopic (exact) mass is 259 g/mol. The Morgan fingerprint density at radius 1 is 1.33 bits per heavy atom. The molecule has 0 spiro atoms. The van der Waals surface area contributed by atoms with E-state index >= 15 is 0 Å². The smallest absolute Gasteiger partial charge is 0.335 e. The van der Waals surface area contributed by atoms with Crippen LogP contribution in [0.4, 0.5) is 13.2 Å². The maximum atomic E-state index is 12.8. The van der Waals surface area contributed by atoms with Crippen molar-refractivity contribution in [3.8, 4) is 0 Å². The summed E-state index contributed by atoms with van der Waals surface area (Å²) < 4.78 is 38.3. The molecule has 1 aliphatic rings. The normalized spacial score (nSPS) is 16.7. The van der Waals surface area contributed by atoms with E-state index in [0.29, 0.717) is 26.2 Å². The molecule has 0 atom stereocenters. The number of rotatable bonds is 1. The Bertz CT molecular complexity index is 441. The molecule has 2 heterocycles. The molecule has 2 rings (SSSR count). The highest BCUT2D eigenvalue weighted by molar-refractivity contribution is 5.94. The summed E-state index contributed by atoms with van der Waals surface area (Å²) in [6.45, 7) is 1.96. The highest BCUT2D eigenvalue weighted by atomic mass is 19.4. The maximum absolute atomic E-state index is 12.8. The van der Waals surface area contributed by atoms with Crippen LogP contribution >= 0.6 is 0 Å². The number of nitrogens with zero attached hydrogens (tertiary/aromatic N) is 2. The third kappa shape index (κ3) is 2.61. The highest BCUT2D eigenvalue weighted by Gasteiger charge is 2.37. The fourth-order valence-corrected chi connectivity index (χ4v) is 1.82. The molecule has 1 amide bonds. The number of alkyl halides is 3. The van der Waals surface area contributed by atoms with E-state index in [9.17, 15) is 18.0 Å². The first-order valence-corrected chi connectivity index (χ1v) is 5.52. The van der Waals surface area contributed by atoms with Crippen LogP contribution in [-0.4, -0.2) is 42.0 Å². The van der Waals surface area contributed by atoms with Crippen LogP contribution in [-0.2, 0) is 6.18 Å². The lowest BCUT2D eigenvalue weighted by Crippen LogP contribution is -2.47. The number of hydrogen-bond acceptors (Lipinski definition) is 3. The summed E-state index contributed by atoms with van der Waals surface area (Å²) in [6, 6.07) is 2.06. The molecule has 0 bridgehead atoms. The van der Waals surface area contributed by atoms with E-state index in [1.54, 1.807) is 0 Å². The topological polar surface area (TPSA) is 45.2 Å². The number of carbonyl (C=O) groups is 1. The molecular weight excluding hydrogens is 247 g/mol. The molecule has 0 aliphatic carbocycles. The van der Waals surface area contributed by atoms with Crippen molar-refractivity contribution in [3.63, 3.8) is 0 Å². The van der Waals surface area contributed by atoms with Crippen molar-refractivity contribution >= 4 is 5.91 Å². The van der Waals surface area contributed by atoms with Gasteiger partial charge in [0.05, 0.1) is 5.56 Å². The third-order valence-electron chi connectivity index (χ3n) is 2.72. The van der Waals surface area contributed by atoms with Crippen molar-refractivity contribution in [2.75, 3.05) is 26.2 Å². The highest BCUT2D eigenvalue weighted by Crippen LogP contribution is 2.31. The van der Waals surface area contributed by atoms with Crippen LogP contribution in [0.15, 0.2) is 18.3 Å². The minimum Gasteiger partial charge on any atom is -0.335 e. The van der Waals surface area contributed by atoms with Crippen molar-refractivity contribution in [1.82, 2.24) is 15.2 Å². The van der Waals surface area contributed by atoms with Gasteiger partial charge in [-0.2, -0.15) is 13.2 Å². The number of halogens is 3. The van der Waals surface area contributed by atoms with Crippen LogP contribution in [0.5, 0.6) is 0 Å². The molecule has 1 aromatic rings. The van der Waals surface area contributed by atoms with Gasteiger partial charge in [-0.15, -0.1) is 0 Å². The average molecular weight is 259 g/mol. The second-order valence-electron chi connectivity index (χ2n) is 3.94. The van der Waals surface area contributed by atoms with Crippen LogP contribution in [0.25, 0.3) is 0 Å². The molecule has 1 saturated heterocycles. The van der Waals surface area contributed by atoms with Crippen molar-refractivity contribution in [3.05, 3.63) is 29.6 Å². The quantitative estimate of drug-likeness (QED) is 0.822. The van der Waals surface area contributed by atoms with Crippen LogP contribution in [0, 0.1) is 0 Å². The van der Waals surface area contributed by atoms with E-state index in [1.165, 1.54) is 17.2 Å². The summed E-state index contributed by atoms with van der Waals surface area (Å²) in [4.78, 5) is 17.0. The summed E-state index contributed by atoms with van der Waals surface area (Å²) in [5, 5.41) is 3.03. The van der Waals surface area contributed by atoms with Gasteiger partial charge in [-0.1, -0.05) is 0 Å². The third-order valence-corrected chi connectivity index (χ3v) is 2.72. The Labute approximate surface area is 102 Å². The zero-order chi connectivity index (χ0) is 13.2. The Kier molecular flexibility index (Phi) is 3.51. The molecule has 1 aliphatic heterocycles. The van der Waals surface area contributed by atoms with Crippen molar-refractivity contribution < 1.29 is 18.0 Å². The molecule has 0 aromatic carbocycles. The largest absolute Gasteiger partial charge is 0.418 e. The first-order chi connectivity index (χ1) is 8.50. The Hall–Kier alpha value is -1.63. The molecule has 0 saturated carbocycles. The van der Waals surface area contributed by atoms with Gasteiger partial charge >= 0.3 is 6.18 Å². The Balaban J connectivity index is 2.30. The van der Waals surface area contributed by atoms with E-state index in [-0.39, 0.29) is 0 Å². The predicted molar refractivity (Wildman–Crippen MR) is 58.0 cm³/mol. The molecular formula is C11H12F3N3O. The number of amides is 1. The molecule has 98 valence electrons. The van der Waals surface area contributed by atoms with Gasteiger partial charge in [0.25, 0.3) is 5.91 Å². The standard InChI is InChI=1S/C11H12F3N3O/c12-11(13,14)8-2-1-3-16-9(8)10(18)17-6-4-15-5-7-17/h1-3,15H,4-7H2. The molecule has 18 heavy (non-hydrogen) atoms. The predicted octanol–water partition coefficient (Wildman–Crippen LogP) is 1.15. The van der Waals surface area contributed by atoms with Crippen molar-refractivity contribution in [2.24, 2.45) is 0 Å². The lowest BCUT2D eigenvalue weighted by atomic mass is 10.1. The van der Waals surface area contributed by atoms with Crippen molar-refractivity contribution in [1.29, 1.82) is 0 Å². The van der Waals surface area contributed by atoms with Crippen LogP contribution in [0.1, 0.15) is 16.1 Å². The van der Waals surface area contributed by atoms with Gasteiger partial charge < -0.3 is 10.2 Å². The van der Waals surface area contributed by atoms with Gasteiger partial charge in [-0.25, -0.2) is 0 Å². The van der Waals surface area contributed by atoms with E-state index in [4.69, 9.17) is 0 Å². The molecule has 4 nitrogen and oxygen atoms in total. The summed E-state index contributed by atoms with van der Waals surface area (Å²) in [5.74, 6) is -0.663. The average Bonchev–Trinajstić information content (AvgIpc) is 2.38. The Morgan fingerprint density at radius 2 is 2.00 bits per heavy atom.